The van der Waals surface area contributed by atoms with Gasteiger partial charge in [-0.3, -0.25) is 5.32 Å². The number of para-hydroxylation sites is 1. The molecule has 0 spiro atoms. The summed E-state index contributed by atoms with van der Waals surface area (Å²) in [5.41, 5.74) is -0.492. The van der Waals surface area contributed by atoms with Crippen LogP contribution in [-0.4, -0.2) is 16.7 Å². The molecule has 7 heteroatoms. The maximum atomic E-state index is 13.5. The summed E-state index contributed by atoms with van der Waals surface area (Å²) in [6.07, 6.45) is 0.741. The predicted molar refractivity (Wildman–Crippen MR) is 83.7 cm³/mol. The topological polar surface area (TPSA) is 63.2 Å². The highest BCUT2D eigenvalue weighted by Crippen LogP contribution is 2.22. The molecule has 1 amide bonds. The summed E-state index contributed by atoms with van der Waals surface area (Å²) in [6, 6.07) is 6.58. The lowest BCUT2D eigenvalue weighted by Gasteiger charge is -2.19. The lowest BCUT2D eigenvalue weighted by Crippen LogP contribution is -2.27. The zero-order valence-corrected chi connectivity index (χ0v) is 13.0. The third-order valence-corrected chi connectivity index (χ3v) is 2.62. The van der Waals surface area contributed by atoms with E-state index in [0.29, 0.717) is 5.69 Å². The van der Waals surface area contributed by atoms with E-state index < -0.39 is 23.3 Å². The van der Waals surface area contributed by atoms with Crippen molar-refractivity contribution < 1.29 is 18.3 Å². The van der Waals surface area contributed by atoms with Gasteiger partial charge in [-0.2, -0.15) is 0 Å². The van der Waals surface area contributed by atoms with Gasteiger partial charge in [0.1, 0.15) is 28.7 Å². The summed E-state index contributed by atoms with van der Waals surface area (Å²) in [5, 5.41) is 5.07. The monoisotopic (exact) mass is 321 g/mol. The van der Waals surface area contributed by atoms with Crippen LogP contribution in [0.1, 0.15) is 20.8 Å². The van der Waals surface area contributed by atoms with Crippen LogP contribution < -0.4 is 10.6 Å². The first-order valence-electron chi connectivity index (χ1n) is 6.92. The van der Waals surface area contributed by atoms with Crippen molar-refractivity contribution in [2.45, 2.75) is 26.4 Å². The highest BCUT2D eigenvalue weighted by Gasteiger charge is 2.16. The molecule has 0 unspecified atom stereocenters. The zero-order valence-electron chi connectivity index (χ0n) is 13.0. The average Bonchev–Trinajstić information content (AvgIpc) is 2.43. The molecule has 0 aliphatic heterocycles. The minimum Gasteiger partial charge on any atom is -0.444 e. The van der Waals surface area contributed by atoms with Crippen molar-refractivity contribution in [1.82, 2.24) is 4.98 Å². The molecule has 2 aromatic rings. The number of benzene rings is 1. The lowest BCUT2D eigenvalue weighted by atomic mass is 10.2. The number of nitrogens with zero attached hydrogens (tertiary/aromatic N) is 1. The van der Waals surface area contributed by atoms with Crippen molar-refractivity contribution in [1.29, 1.82) is 0 Å². The van der Waals surface area contributed by atoms with E-state index in [0.717, 1.165) is 12.1 Å². The SMILES string of the molecule is CC(C)(C)OC(=O)Nc1ccc(Nc2c(F)cccc2F)nc1. The van der Waals surface area contributed by atoms with E-state index in [4.69, 9.17) is 4.74 Å². The van der Waals surface area contributed by atoms with Crippen molar-refractivity contribution in [2.75, 3.05) is 10.6 Å². The molecule has 2 rings (SSSR count). The molecule has 0 saturated carbocycles. The molecule has 2 N–H and O–H groups in total. The Morgan fingerprint density at radius 1 is 1.13 bits per heavy atom. The first kappa shape index (κ1) is 16.7. The van der Waals surface area contributed by atoms with Crippen LogP contribution in [0.3, 0.4) is 0 Å². The fraction of sp³-hybridized carbons (Fsp3) is 0.250. The number of nitrogens with one attached hydrogen (secondary N) is 2. The summed E-state index contributed by atoms with van der Waals surface area (Å²) in [5.74, 6) is -1.20. The zero-order chi connectivity index (χ0) is 17.0. The predicted octanol–water partition coefficient (Wildman–Crippen LogP) is 4.45. The highest BCUT2D eigenvalue weighted by atomic mass is 19.1. The van der Waals surface area contributed by atoms with Crippen LogP contribution in [0.4, 0.5) is 30.8 Å². The molecule has 1 aromatic heterocycles. The van der Waals surface area contributed by atoms with Gasteiger partial charge in [0.25, 0.3) is 0 Å². The van der Waals surface area contributed by atoms with Gasteiger partial charge in [-0.1, -0.05) is 6.07 Å². The molecule has 0 atom stereocenters. The number of hydrogen-bond donors (Lipinski definition) is 2. The number of halogens is 2. The molecule has 5 nitrogen and oxygen atoms in total. The second kappa shape index (κ2) is 6.60. The molecule has 122 valence electrons. The van der Waals surface area contributed by atoms with E-state index in [1.165, 1.54) is 24.4 Å². The Labute approximate surface area is 132 Å². The second-order valence-electron chi connectivity index (χ2n) is 5.78. The maximum absolute atomic E-state index is 13.5. The quantitative estimate of drug-likeness (QED) is 0.876. The number of carbonyl (C=O) groups is 1. The lowest BCUT2D eigenvalue weighted by molar-refractivity contribution is 0.0636. The molecular formula is C16H17F2N3O2. The summed E-state index contributed by atoms with van der Waals surface area (Å²) < 4.78 is 32.2. The van der Waals surface area contributed by atoms with Gasteiger partial charge in [-0.25, -0.2) is 18.6 Å². The minimum absolute atomic E-state index is 0.240. The van der Waals surface area contributed by atoms with Gasteiger partial charge in [0.05, 0.1) is 11.9 Å². The Bertz CT molecular complexity index is 677. The van der Waals surface area contributed by atoms with Crippen molar-refractivity contribution in [2.24, 2.45) is 0 Å². The Balaban J connectivity index is 2.04. The van der Waals surface area contributed by atoms with Gasteiger partial charge in [0.15, 0.2) is 0 Å². The molecule has 23 heavy (non-hydrogen) atoms. The standard InChI is InChI=1S/C16H17F2N3O2/c1-16(2,3)23-15(22)20-10-7-8-13(19-9-10)21-14-11(17)5-4-6-12(14)18/h4-9H,1-3H3,(H,19,21)(H,20,22). The Morgan fingerprint density at radius 3 is 2.30 bits per heavy atom. The second-order valence-corrected chi connectivity index (χ2v) is 5.78. The molecular weight excluding hydrogens is 304 g/mol. The molecule has 0 saturated heterocycles. The number of anilines is 3. The molecule has 0 aliphatic carbocycles. The third-order valence-electron chi connectivity index (χ3n) is 2.62. The van der Waals surface area contributed by atoms with Crippen molar-refractivity contribution in [3.05, 3.63) is 48.2 Å². The normalized spacial score (nSPS) is 11.0. The van der Waals surface area contributed by atoms with Crippen LogP contribution in [0.2, 0.25) is 0 Å². The first-order chi connectivity index (χ1) is 10.7. The number of carbonyl (C=O) groups excluding carboxylic acids is 1. The van der Waals surface area contributed by atoms with Crippen LogP contribution in [0, 0.1) is 11.6 Å². The van der Waals surface area contributed by atoms with Crippen LogP contribution in [0.15, 0.2) is 36.5 Å². The van der Waals surface area contributed by atoms with Crippen LogP contribution >= 0.6 is 0 Å². The van der Waals surface area contributed by atoms with E-state index in [-0.39, 0.29) is 11.5 Å². The van der Waals surface area contributed by atoms with Crippen LogP contribution in [0.25, 0.3) is 0 Å². The van der Waals surface area contributed by atoms with E-state index in [9.17, 15) is 13.6 Å². The number of aromatic nitrogens is 1. The first-order valence-corrected chi connectivity index (χ1v) is 6.92. The van der Waals surface area contributed by atoms with E-state index in [1.54, 1.807) is 20.8 Å². The fourth-order valence-electron chi connectivity index (χ4n) is 1.71. The van der Waals surface area contributed by atoms with E-state index in [1.807, 2.05) is 0 Å². The largest absolute Gasteiger partial charge is 0.444 e. The smallest absolute Gasteiger partial charge is 0.412 e. The van der Waals surface area contributed by atoms with Gasteiger partial charge >= 0.3 is 6.09 Å². The van der Waals surface area contributed by atoms with Gasteiger partial charge in [-0.05, 0) is 45.0 Å². The van der Waals surface area contributed by atoms with Crippen molar-refractivity contribution in [3.8, 4) is 0 Å². The number of hydrogen-bond acceptors (Lipinski definition) is 4. The summed E-state index contributed by atoms with van der Waals surface area (Å²) in [4.78, 5) is 15.6. The fourth-order valence-corrected chi connectivity index (χ4v) is 1.71. The molecule has 0 fully saturated rings. The Kier molecular flexibility index (Phi) is 4.78. The number of pyridine rings is 1. The summed E-state index contributed by atoms with van der Waals surface area (Å²) >= 11 is 0. The Hall–Kier alpha value is -2.70. The molecule has 0 aliphatic rings. The molecule has 0 bridgehead atoms. The number of rotatable bonds is 3. The molecule has 0 radical (unpaired) electrons. The maximum Gasteiger partial charge on any atom is 0.412 e. The van der Waals surface area contributed by atoms with E-state index >= 15 is 0 Å². The summed E-state index contributed by atoms with van der Waals surface area (Å²) in [6.45, 7) is 5.25. The molecule has 1 aromatic carbocycles. The Morgan fingerprint density at radius 2 is 1.78 bits per heavy atom. The highest BCUT2D eigenvalue weighted by molar-refractivity contribution is 5.84. The van der Waals surface area contributed by atoms with E-state index in [2.05, 4.69) is 15.6 Å². The van der Waals surface area contributed by atoms with Gasteiger partial charge in [-0.15, -0.1) is 0 Å². The summed E-state index contributed by atoms with van der Waals surface area (Å²) in [7, 11) is 0. The van der Waals surface area contributed by atoms with Crippen LogP contribution in [0.5, 0.6) is 0 Å². The van der Waals surface area contributed by atoms with Gasteiger partial charge in [0.2, 0.25) is 0 Å². The molecule has 1 heterocycles. The average molecular weight is 321 g/mol. The van der Waals surface area contributed by atoms with Crippen LogP contribution in [-0.2, 0) is 4.74 Å². The third kappa shape index (κ3) is 4.91. The van der Waals surface area contributed by atoms with Crippen molar-refractivity contribution in [3.63, 3.8) is 0 Å². The minimum atomic E-state index is -0.720. The van der Waals surface area contributed by atoms with Crippen molar-refractivity contribution >= 4 is 23.3 Å². The number of ether oxygens (including phenoxy) is 1. The van der Waals surface area contributed by atoms with Gasteiger partial charge < -0.3 is 10.1 Å². The number of amides is 1. The van der Waals surface area contributed by atoms with Gasteiger partial charge in [0, 0.05) is 0 Å².